The molecule has 0 N–H and O–H groups in total. The van der Waals surface area contributed by atoms with E-state index in [0.717, 1.165) is 56.0 Å². The van der Waals surface area contributed by atoms with E-state index in [1.54, 1.807) is 7.11 Å². The fraction of sp³-hybridized carbons (Fsp3) is 0.391. The lowest BCUT2D eigenvalue weighted by Crippen LogP contribution is -2.49. The first-order valence-electron chi connectivity index (χ1n) is 10.5. The number of nitrogens with zero attached hydrogens (tertiary/aromatic N) is 5. The molecule has 3 aromatic rings. The highest BCUT2D eigenvalue weighted by Gasteiger charge is 2.27. The lowest BCUT2D eigenvalue weighted by molar-refractivity contribution is 0.0764. The molecule has 0 saturated carbocycles. The van der Waals surface area contributed by atoms with Gasteiger partial charge in [0.1, 0.15) is 12.2 Å². The maximum Gasteiger partial charge on any atom is 0.213 e. The quantitative estimate of drug-likeness (QED) is 0.647. The predicted molar refractivity (Wildman–Crippen MR) is 118 cm³/mol. The molecule has 2 saturated heterocycles. The highest BCUT2D eigenvalue weighted by atomic mass is 16.5. The van der Waals surface area contributed by atoms with Gasteiger partial charge in [0, 0.05) is 57.2 Å². The fourth-order valence-corrected chi connectivity index (χ4v) is 4.30. The van der Waals surface area contributed by atoms with Gasteiger partial charge in [-0.15, -0.1) is 0 Å². The molecular weight excluding hydrogens is 378 g/mol. The molecule has 0 radical (unpaired) electrons. The standard InChI is InChI=1S/C23H27N5O2/c1-29-22-8-7-20-23(25-22)21(9-10-24-20)27-13-11-26(12-14-27)15-19-16-28(17-30-19)18-5-3-2-4-6-18/h2-10,19H,11-17H2,1H3/t19-/m1/s1. The Balaban J connectivity index is 1.20. The Morgan fingerprint density at radius 3 is 2.63 bits per heavy atom. The molecule has 0 spiro atoms. The van der Waals surface area contributed by atoms with Crippen LogP contribution in [0.15, 0.2) is 54.7 Å². The second-order valence-corrected chi connectivity index (χ2v) is 7.81. The van der Waals surface area contributed by atoms with Crippen molar-refractivity contribution in [1.82, 2.24) is 14.9 Å². The lowest BCUT2D eigenvalue weighted by Gasteiger charge is -2.37. The Hall–Kier alpha value is -2.90. The molecule has 2 aliphatic rings. The third kappa shape index (κ3) is 3.91. The number of anilines is 2. The minimum Gasteiger partial charge on any atom is -0.481 e. The van der Waals surface area contributed by atoms with Gasteiger partial charge in [-0.3, -0.25) is 9.88 Å². The van der Waals surface area contributed by atoms with Crippen molar-refractivity contribution in [1.29, 1.82) is 0 Å². The van der Waals surface area contributed by atoms with E-state index in [2.05, 4.69) is 61.1 Å². The second-order valence-electron chi connectivity index (χ2n) is 7.81. The molecule has 0 unspecified atom stereocenters. The normalized spacial score (nSPS) is 20.1. The molecule has 30 heavy (non-hydrogen) atoms. The van der Waals surface area contributed by atoms with Gasteiger partial charge in [-0.05, 0) is 24.3 Å². The topological polar surface area (TPSA) is 54.0 Å². The van der Waals surface area contributed by atoms with Gasteiger partial charge >= 0.3 is 0 Å². The summed E-state index contributed by atoms with van der Waals surface area (Å²) in [5.74, 6) is 0.622. The van der Waals surface area contributed by atoms with Gasteiger partial charge in [-0.2, -0.15) is 0 Å². The van der Waals surface area contributed by atoms with Crippen LogP contribution in [0.1, 0.15) is 0 Å². The van der Waals surface area contributed by atoms with Crippen LogP contribution < -0.4 is 14.5 Å². The molecule has 0 aliphatic carbocycles. The summed E-state index contributed by atoms with van der Waals surface area (Å²) in [7, 11) is 1.65. The molecule has 7 heteroatoms. The number of para-hydroxylation sites is 1. The van der Waals surface area contributed by atoms with Crippen LogP contribution in [-0.2, 0) is 4.74 Å². The van der Waals surface area contributed by atoms with Crippen LogP contribution in [0.25, 0.3) is 11.0 Å². The van der Waals surface area contributed by atoms with Crippen molar-refractivity contribution >= 4 is 22.4 Å². The third-order valence-corrected chi connectivity index (χ3v) is 5.93. The summed E-state index contributed by atoms with van der Waals surface area (Å²) in [6.45, 7) is 6.55. The van der Waals surface area contributed by atoms with Crippen molar-refractivity contribution in [3.63, 3.8) is 0 Å². The van der Waals surface area contributed by atoms with Crippen molar-refractivity contribution in [2.75, 3.05) is 62.9 Å². The minimum absolute atomic E-state index is 0.254. The molecule has 2 aliphatic heterocycles. The predicted octanol–water partition coefficient (Wildman–Crippen LogP) is 2.62. The van der Waals surface area contributed by atoms with E-state index in [1.165, 1.54) is 5.69 Å². The number of methoxy groups -OCH3 is 1. The Morgan fingerprint density at radius 2 is 1.83 bits per heavy atom. The van der Waals surface area contributed by atoms with Gasteiger partial charge in [0.05, 0.1) is 24.4 Å². The maximum absolute atomic E-state index is 6.06. The Kier molecular flexibility index (Phi) is 5.38. The molecular formula is C23H27N5O2. The van der Waals surface area contributed by atoms with Crippen LogP contribution >= 0.6 is 0 Å². The molecule has 4 heterocycles. The van der Waals surface area contributed by atoms with Gasteiger partial charge in [0.25, 0.3) is 0 Å². The molecule has 0 amide bonds. The van der Waals surface area contributed by atoms with Crippen LogP contribution in [0, 0.1) is 0 Å². The number of rotatable bonds is 5. The maximum atomic E-state index is 6.06. The van der Waals surface area contributed by atoms with Crippen LogP contribution in [0.3, 0.4) is 0 Å². The number of ether oxygens (including phenoxy) is 2. The average Bonchev–Trinajstić information content (AvgIpc) is 3.28. The van der Waals surface area contributed by atoms with Crippen molar-refractivity contribution < 1.29 is 9.47 Å². The lowest BCUT2D eigenvalue weighted by atomic mass is 10.2. The second kappa shape index (κ2) is 8.45. The van der Waals surface area contributed by atoms with Gasteiger partial charge in [-0.25, -0.2) is 4.98 Å². The van der Waals surface area contributed by atoms with E-state index < -0.39 is 0 Å². The highest BCUT2D eigenvalue weighted by Crippen LogP contribution is 2.27. The van der Waals surface area contributed by atoms with Crippen molar-refractivity contribution in [3.8, 4) is 5.88 Å². The first-order chi connectivity index (χ1) is 14.8. The van der Waals surface area contributed by atoms with E-state index in [1.807, 2.05) is 18.3 Å². The molecule has 0 bridgehead atoms. The number of aromatic nitrogens is 2. The minimum atomic E-state index is 0.254. The zero-order valence-corrected chi connectivity index (χ0v) is 17.3. The highest BCUT2D eigenvalue weighted by molar-refractivity contribution is 5.88. The Labute approximate surface area is 176 Å². The number of piperazine rings is 1. The molecule has 2 fully saturated rings. The Bertz CT molecular complexity index is 991. The third-order valence-electron chi connectivity index (χ3n) is 5.93. The van der Waals surface area contributed by atoms with Crippen LogP contribution in [-0.4, -0.2) is 74.1 Å². The first kappa shape index (κ1) is 19.1. The molecule has 1 atom stereocenters. The number of hydrogen-bond acceptors (Lipinski definition) is 7. The fourth-order valence-electron chi connectivity index (χ4n) is 4.30. The van der Waals surface area contributed by atoms with Gasteiger partial charge in [0.2, 0.25) is 5.88 Å². The van der Waals surface area contributed by atoms with Crippen LogP contribution in [0.5, 0.6) is 5.88 Å². The van der Waals surface area contributed by atoms with E-state index in [0.29, 0.717) is 12.6 Å². The van der Waals surface area contributed by atoms with Crippen molar-refractivity contribution in [2.45, 2.75) is 6.10 Å². The van der Waals surface area contributed by atoms with E-state index >= 15 is 0 Å². The SMILES string of the molecule is COc1ccc2nccc(N3CCN(C[C@@H]4CN(c5ccccc5)CO4)CC3)c2n1. The largest absolute Gasteiger partial charge is 0.481 e. The van der Waals surface area contributed by atoms with E-state index in [-0.39, 0.29) is 6.10 Å². The first-order valence-corrected chi connectivity index (χ1v) is 10.5. The van der Waals surface area contributed by atoms with E-state index in [4.69, 9.17) is 9.47 Å². The van der Waals surface area contributed by atoms with Gasteiger partial charge in [-0.1, -0.05) is 18.2 Å². The number of fused-ring (bicyclic) bond motifs is 1. The number of benzene rings is 1. The smallest absolute Gasteiger partial charge is 0.213 e. The summed E-state index contributed by atoms with van der Waals surface area (Å²) in [5.41, 5.74) is 4.17. The Morgan fingerprint density at radius 1 is 1.00 bits per heavy atom. The molecule has 5 rings (SSSR count). The summed E-state index contributed by atoms with van der Waals surface area (Å²) < 4.78 is 11.4. The number of hydrogen-bond donors (Lipinski definition) is 0. The molecule has 7 nitrogen and oxygen atoms in total. The molecule has 2 aromatic heterocycles. The summed E-state index contributed by atoms with van der Waals surface area (Å²) >= 11 is 0. The summed E-state index contributed by atoms with van der Waals surface area (Å²) in [6, 6.07) is 16.4. The zero-order valence-electron chi connectivity index (χ0n) is 17.3. The monoisotopic (exact) mass is 405 g/mol. The van der Waals surface area contributed by atoms with Gasteiger partial charge in [0.15, 0.2) is 0 Å². The van der Waals surface area contributed by atoms with Crippen molar-refractivity contribution in [3.05, 3.63) is 54.7 Å². The van der Waals surface area contributed by atoms with Gasteiger partial charge < -0.3 is 19.3 Å². The van der Waals surface area contributed by atoms with Crippen molar-refractivity contribution in [2.24, 2.45) is 0 Å². The summed E-state index contributed by atoms with van der Waals surface area (Å²) in [4.78, 5) is 16.3. The van der Waals surface area contributed by atoms with E-state index in [9.17, 15) is 0 Å². The number of pyridine rings is 2. The summed E-state index contributed by atoms with van der Waals surface area (Å²) in [5, 5.41) is 0. The summed E-state index contributed by atoms with van der Waals surface area (Å²) in [6.07, 6.45) is 2.12. The zero-order chi connectivity index (χ0) is 20.3. The molecule has 156 valence electrons. The average molecular weight is 406 g/mol. The molecule has 1 aromatic carbocycles. The van der Waals surface area contributed by atoms with Crippen LogP contribution in [0.2, 0.25) is 0 Å². The van der Waals surface area contributed by atoms with Crippen LogP contribution in [0.4, 0.5) is 11.4 Å².